The lowest BCUT2D eigenvalue weighted by Crippen LogP contribution is -3.00. The summed E-state index contributed by atoms with van der Waals surface area (Å²) in [5, 5.41) is 10.3. The quantitative estimate of drug-likeness (QED) is 0.335. The molecule has 1 aliphatic rings. The zero-order valence-corrected chi connectivity index (χ0v) is 20.5. The van der Waals surface area contributed by atoms with Crippen molar-refractivity contribution in [2.45, 2.75) is 18.0 Å². The molecule has 4 aromatic rings. The Hall–Kier alpha value is -2.82. The third-order valence-electron chi connectivity index (χ3n) is 6.06. The molecule has 2 nitrogen and oxygen atoms in total. The number of benzene rings is 4. The molecule has 0 amide bonds. The lowest BCUT2D eigenvalue weighted by Gasteiger charge is -2.28. The van der Waals surface area contributed by atoms with E-state index in [1.54, 1.807) is 12.1 Å². The zero-order chi connectivity index (χ0) is 22.9. The normalized spacial score (nSPS) is 14.3. The first-order valence-corrected chi connectivity index (χ1v) is 12.6. The molecule has 0 unspecified atom stereocenters. The SMILES string of the molecule is FC(F)(F)C1(c2ccc(C[P+](c3ccccc3)(c3ccccc3)c3ccccc3)cc2)N=N1.[Br-]. The van der Waals surface area contributed by atoms with Crippen LogP contribution in [0.2, 0.25) is 0 Å². The topological polar surface area (TPSA) is 24.7 Å². The van der Waals surface area contributed by atoms with E-state index in [0.717, 1.165) is 5.56 Å². The second kappa shape index (κ2) is 9.44. The molecule has 0 aliphatic carbocycles. The molecular formula is C27H21BrF3N2P. The van der Waals surface area contributed by atoms with Crippen molar-refractivity contribution in [2.24, 2.45) is 10.2 Å². The first-order valence-electron chi connectivity index (χ1n) is 10.6. The van der Waals surface area contributed by atoms with Crippen LogP contribution >= 0.6 is 7.26 Å². The van der Waals surface area contributed by atoms with Gasteiger partial charge in [-0.25, -0.2) is 0 Å². The molecule has 0 saturated heterocycles. The number of rotatable bonds is 6. The highest BCUT2D eigenvalue weighted by Crippen LogP contribution is 2.58. The number of hydrogen-bond acceptors (Lipinski definition) is 2. The predicted molar refractivity (Wildman–Crippen MR) is 128 cm³/mol. The molecule has 0 spiro atoms. The fourth-order valence-corrected chi connectivity index (χ4v) is 8.57. The third-order valence-corrected chi connectivity index (χ3v) is 10.4. The van der Waals surface area contributed by atoms with Crippen LogP contribution in [0.15, 0.2) is 125 Å². The molecule has 0 N–H and O–H groups in total. The summed E-state index contributed by atoms with van der Waals surface area (Å²) in [6.45, 7) is 0. The molecule has 0 aromatic heterocycles. The standard InChI is InChI=1S/C27H21F3N2P.BrH/c28-27(29,30)26(31-32-26)22-18-16-21(17-19-22)20-33(23-10-4-1-5-11-23,24-12-6-2-7-13-24)25-14-8-3-9-15-25;/h1-19H,20H2;1H/q+1;/p-1. The first kappa shape index (κ1) is 24.3. The van der Waals surface area contributed by atoms with Gasteiger partial charge in [-0.2, -0.15) is 13.2 Å². The van der Waals surface area contributed by atoms with Crippen LogP contribution in [0.25, 0.3) is 0 Å². The van der Waals surface area contributed by atoms with Crippen LogP contribution in [0.5, 0.6) is 0 Å². The third kappa shape index (κ3) is 4.21. The molecule has 0 radical (unpaired) electrons. The van der Waals surface area contributed by atoms with Crippen LogP contribution in [0, 0.1) is 0 Å². The lowest BCUT2D eigenvalue weighted by atomic mass is 10.0. The van der Waals surface area contributed by atoms with E-state index in [4.69, 9.17) is 0 Å². The molecule has 4 aromatic carbocycles. The molecule has 0 atom stereocenters. The van der Waals surface area contributed by atoms with E-state index in [-0.39, 0.29) is 22.5 Å². The maximum Gasteiger partial charge on any atom is 0.442 e. The van der Waals surface area contributed by atoms with Crippen molar-refractivity contribution in [1.29, 1.82) is 0 Å². The molecule has 5 rings (SSSR count). The fourth-order valence-electron chi connectivity index (χ4n) is 4.33. The number of nitrogens with zero attached hydrogens (tertiary/aromatic N) is 2. The molecule has 7 heteroatoms. The highest BCUT2D eigenvalue weighted by Gasteiger charge is 2.65. The molecule has 0 saturated carbocycles. The Morgan fingerprint density at radius 1 is 0.588 bits per heavy atom. The largest absolute Gasteiger partial charge is 1.00 e. The van der Waals surface area contributed by atoms with Crippen molar-refractivity contribution >= 4 is 23.2 Å². The molecule has 172 valence electrons. The summed E-state index contributed by atoms with van der Waals surface area (Å²) in [5.74, 6) is 0. The minimum Gasteiger partial charge on any atom is -1.00 e. The Morgan fingerprint density at radius 3 is 1.29 bits per heavy atom. The average Bonchev–Trinajstić information content (AvgIpc) is 3.67. The second-order valence-corrected chi connectivity index (χ2v) is 11.5. The van der Waals surface area contributed by atoms with E-state index in [9.17, 15) is 13.2 Å². The van der Waals surface area contributed by atoms with Crippen LogP contribution in [0.1, 0.15) is 11.1 Å². The second-order valence-electron chi connectivity index (χ2n) is 8.04. The van der Waals surface area contributed by atoms with E-state index in [1.165, 1.54) is 28.0 Å². The predicted octanol–water partition coefficient (Wildman–Crippen LogP) is 3.37. The maximum absolute atomic E-state index is 13.4. The average molecular weight is 541 g/mol. The maximum atomic E-state index is 13.4. The lowest BCUT2D eigenvalue weighted by molar-refractivity contribution is -0.166. The Labute approximate surface area is 207 Å². The smallest absolute Gasteiger partial charge is 0.442 e. The summed E-state index contributed by atoms with van der Waals surface area (Å²) in [6.07, 6.45) is -3.83. The summed E-state index contributed by atoms with van der Waals surface area (Å²) in [7, 11) is -2.12. The first-order chi connectivity index (χ1) is 16.0. The van der Waals surface area contributed by atoms with Gasteiger partial charge in [-0.3, -0.25) is 0 Å². The van der Waals surface area contributed by atoms with Gasteiger partial charge in [0.2, 0.25) is 0 Å². The molecule has 0 bridgehead atoms. The van der Waals surface area contributed by atoms with Crippen molar-refractivity contribution < 1.29 is 30.2 Å². The van der Waals surface area contributed by atoms with Crippen LogP contribution < -0.4 is 32.9 Å². The molecular weight excluding hydrogens is 520 g/mol. The van der Waals surface area contributed by atoms with Gasteiger partial charge in [0.05, 0.1) is 6.16 Å². The van der Waals surface area contributed by atoms with Gasteiger partial charge < -0.3 is 17.0 Å². The van der Waals surface area contributed by atoms with Gasteiger partial charge >= 0.3 is 11.8 Å². The molecule has 34 heavy (non-hydrogen) atoms. The summed E-state index contributed by atoms with van der Waals surface area (Å²) in [4.78, 5) is 0. The zero-order valence-electron chi connectivity index (χ0n) is 18.0. The molecule has 1 aliphatic heterocycles. The van der Waals surface area contributed by atoms with Gasteiger partial charge in [-0.1, -0.05) is 78.9 Å². The molecule has 0 fully saturated rings. The summed E-state index contributed by atoms with van der Waals surface area (Å²) in [6, 6.07) is 37.8. The highest BCUT2D eigenvalue weighted by molar-refractivity contribution is 7.95. The Kier molecular flexibility index (Phi) is 6.75. The Morgan fingerprint density at radius 2 is 0.971 bits per heavy atom. The Bertz CT molecular complexity index is 1160. The Balaban J connectivity index is 0.00000274. The monoisotopic (exact) mass is 540 g/mol. The van der Waals surface area contributed by atoms with Crippen molar-refractivity contribution in [3.8, 4) is 0 Å². The van der Waals surface area contributed by atoms with Crippen LogP contribution in [0.3, 0.4) is 0 Å². The van der Waals surface area contributed by atoms with E-state index < -0.39 is 19.1 Å². The van der Waals surface area contributed by atoms with Crippen LogP contribution in [0.4, 0.5) is 13.2 Å². The van der Waals surface area contributed by atoms with Crippen LogP contribution in [-0.2, 0) is 11.8 Å². The fraction of sp³-hybridized carbons (Fsp3) is 0.111. The van der Waals surface area contributed by atoms with E-state index in [0.29, 0.717) is 6.16 Å². The van der Waals surface area contributed by atoms with Gasteiger partial charge in [0.1, 0.15) is 23.2 Å². The van der Waals surface area contributed by atoms with Gasteiger partial charge in [0, 0.05) is 5.56 Å². The van der Waals surface area contributed by atoms with Gasteiger partial charge in [-0.05, 0) is 42.0 Å². The van der Waals surface area contributed by atoms with Gasteiger partial charge in [0.15, 0.2) is 0 Å². The van der Waals surface area contributed by atoms with E-state index >= 15 is 0 Å². The number of alkyl halides is 3. The van der Waals surface area contributed by atoms with Gasteiger partial charge in [0.25, 0.3) is 0 Å². The molecule has 1 heterocycles. The minimum atomic E-state index is -4.52. The van der Waals surface area contributed by atoms with Crippen molar-refractivity contribution in [3.63, 3.8) is 0 Å². The van der Waals surface area contributed by atoms with Gasteiger partial charge in [-0.15, -0.1) is 10.2 Å². The highest BCUT2D eigenvalue weighted by atomic mass is 79.9. The van der Waals surface area contributed by atoms with E-state index in [1.807, 2.05) is 54.6 Å². The van der Waals surface area contributed by atoms with Crippen molar-refractivity contribution in [1.82, 2.24) is 0 Å². The van der Waals surface area contributed by atoms with Crippen LogP contribution in [-0.4, -0.2) is 6.18 Å². The van der Waals surface area contributed by atoms with Crippen molar-refractivity contribution in [3.05, 3.63) is 126 Å². The summed E-state index contributed by atoms with van der Waals surface area (Å²) < 4.78 is 40.3. The summed E-state index contributed by atoms with van der Waals surface area (Å²) in [5.41, 5.74) is -1.36. The van der Waals surface area contributed by atoms with E-state index in [2.05, 4.69) is 46.6 Å². The minimum absolute atomic E-state index is 0. The number of halogens is 4. The summed E-state index contributed by atoms with van der Waals surface area (Å²) >= 11 is 0. The number of hydrogen-bond donors (Lipinski definition) is 0. The van der Waals surface area contributed by atoms with Crippen molar-refractivity contribution in [2.75, 3.05) is 0 Å².